The largest absolute Gasteiger partial charge is 0.303 e. The zero-order valence-electron chi connectivity index (χ0n) is 3.18. The summed E-state index contributed by atoms with van der Waals surface area (Å²) in [6, 6.07) is 0. The van der Waals surface area contributed by atoms with Gasteiger partial charge in [0.15, 0.2) is 0 Å². The first kappa shape index (κ1) is 5.12. The molecule has 0 aromatic heterocycles. The molecule has 6 heavy (non-hydrogen) atoms. The predicted molar refractivity (Wildman–Crippen MR) is 20.9 cm³/mol. The van der Waals surface area contributed by atoms with E-state index in [4.69, 9.17) is 0 Å². The van der Waals surface area contributed by atoms with Crippen LogP contribution in [0, 0.1) is 0 Å². The maximum atomic E-state index is 9.35. The van der Waals surface area contributed by atoms with Crippen molar-refractivity contribution in [2.24, 2.45) is 0 Å². The Morgan fingerprint density at radius 1 is 1.67 bits per heavy atom. The zero-order chi connectivity index (χ0) is 4.83. The highest BCUT2D eigenvalue weighted by Gasteiger charge is 1.64. The number of carbonyl (C=O) groups is 1. The Balaban J connectivity index is 3.07. The Bertz CT molecular complexity index is 79.5. The van der Waals surface area contributed by atoms with E-state index in [1.54, 1.807) is 0 Å². The predicted octanol–water partition coefficient (Wildman–Crippen LogP) is -0.0368. The van der Waals surface area contributed by atoms with Gasteiger partial charge in [-0.1, -0.05) is 0 Å². The van der Waals surface area contributed by atoms with Crippen LogP contribution in [0.5, 0.6) is 0 Å². The molecule has 0 heterocycles. The van der Waals surface area contributed by atoms with Crippen LogP contribution in [0.3, 0.4) is 0 Å². The molecule has 2 heteroatoms. The van der Waals surface area contributed by atoms with Gasteiger partial charge in [-0.15, -0.1) is 0 Å². The van der Waals surface area contributed by atoms with E-state index in [-0.39, 0.29) is 6.42 Å². The minimum absolute atomic E-state index is 0.184. The van der Waals surface area contributed by atoms with Crippen LogP contribution in [0.1, 0.15) is 6.42 Å². The molecule has 0 saturated carbocycles. The van der Waals surface area contributed by atoms with Gasteiger partial charge in [-0.2, -0.15) is 0 Å². The highest BCUT2D eigenvalue weighted by atomic mass is 16.1. The summed E-state index contributed by atoms with van der Waals surface area (Å²) in [5.41, 5.74) is 0. The Kier molecular flexibility index (Phi) is 3.52. The minimum atomic E-state index is 0.184. The number of rotatable bonds is 2. The fourth-order valence-corrected chi connectivity index (χ4v) is 0.0962. The number of allylic oxidation sites excluding steroid dienone is 1. The first-order valence-electron chi connectivity index (χ1n) is 1.54. The molecule has 0 bridgehead atoms. The molecule has 0 fully saturated rings. The first-order chi connectivity index (χ1) is 2.91. The summed E-state index contributed by atoms with van der Waals surface area (Å²) < 4.78 is 0. The van der Waals surface area contributed by atoms with Crippen LogP contribution < -0.4 is 0 Å². The molecular weight excluding hydrogens is 80.0 g/mol. The molecule has 0 amide bonds. The van der Waals surface area contributed by atoms with Gasteiger partial charge in [-0.05, 0) is 0 Å². The van der Waals surface area contributed by atoms with Gasteiger partial charge in [0, 0.05) is 12.5 Å². The fourth-order valence-electron chi connectivity index (χ4n) is 0.0962. The maximum absolute atomic E-state index is 9.35. The van der Waals surface area contributed by atoms with Crippen LogP contribution in [-0.4, -0.2) is 12.2 Å². The molecule has 0 N–H and O–H groups in total. The summed E-state index contributed by atoms with van der Waals surface area (Å²) in [5, 5.41) is 0. The van der Waals surface area contributed by atoms with E-state index in [0.717, 1.165) is 6.08 Å². The summed E-state index contributed by atoms with van der Waals surface area (Å²) in [5.74, 6) is 1.46. The third-order valence-corrected chi connectivity index (χ3v) is 0.297. The second-order valence-electron chi connectivity index (χ2n) is 0.724. The van der Waals surface area contributed by atoms with Crippen molar-refractivity contribution in [3.05, 3.63) is 6.08 Å². The van der Waals surface area contributed by atoms with Gasteiger partial charge in [0.05, 0.1) is 0 Å². The summed E-state index contributed by atoms with van der Waals surface area (Å²) in [6.45, 7) is 0. The molecule has 0 radical (unpaired) electrons. The Hall–Kier alpha value is -0.880. The molecule has 0 aromatic rings. The quantitative estimate of drug-likeness (QED) is 0.347. The van der Waals surface area contributed by atoms with Crippen molar-refractivity contribution in [1.82, 2.24) is 0 Å². The number of carbonyl (C=O) groups excluding carboxylic acids is 2. The molecule has 0 aliphatic rings. The maximum Gasteiger partial charge on any atom is 0.124 e. The van der Waals surface area contributed by atoms with Crippen molar-refractivity contribution in [2.45, 2.75) is 6.42 Å². The van der Waals surface area contributed by atoms with Gasteiger partial charge in [0.25, 0.3) is 0 Å². The van der Waals surface area contributed by atoms with E-state index in [1.165, 1.54) is 5.94 Å². The fraction of sp³-hybridized carbons (Fsp3) is 0.250. The molecule has 0 rings (SSSR count). The van der Waals surface area contributed by atoms with Gasteiger partial charge < -0.3 is 4.79 Å². The van der Waals surface area contributed by atoms with Gasteiger partial charge in [0.2, 0.25) is 0 Å². The molecule has 0 saturated heterocycles. The lowest BCUT2D eigenvalue weighted by Crippen LogP contribution is -1.62. The van der Waals surface area contributed by atoms with Crippen LogP contribution >= 0.6 is 0 Å². The van der Waals surface area contributed by atoms with E-state index in [0.29, 0.717) is 6.29 Å². The van der Waals surface area contributed by atoms with Crippen LogP contribution in [0.25, 0.3) is 0 Å². The van der Waals surface area contributed by atoms with Crippen LogP contribution in [-0.2, 0) is 9.59 Å². The SMILES string of the molecule is O=C=CCC=O. The monoisotopic (exact) mass is 84.0 g/mol. The van der Waals surface area contributed by atoms with Crippen molar-refractivity contribution in [1.29, 1.82) is 0 Å². The average molecular weight is 84.1 g/mol. The number of hydrogen-bond donors (Lipinski definition) is 0. The summed E-state index contributed by atoms with van der Waals surface area (Å²) in [4.78, 5) is 18.6. The van der Waals surface area contributed by atoms with E-state index < -0.39 is 0 Å². The Labute approximate surface area is 35.5 Å². The normalized spacial score (nSPS) is 6.00. The molecule has 0 aromatic carbocycles. The lowest BCUT2D eigenvalue weighted by molar-refractivity contribution is -0.107. The average Bonchev–Trinajstić information content (AvgIpc) is 1.61. The summed E-state index contributed by atoms with van der Waals surface area (Å²) in [6.07, 6.45) is 1.96. The van der Waals surface area contributed by atoms with Crippen molar-refractivity contribution in [3.8, 4) is 0 Å². The lowest BCUT2D eigenvalue weighted by Gasteiger charge is -1.57. The van der Waals surface area contributed by atoms with Crippen molar-refractivity contribution >= 4 is 12.2 Å². The summed E-state index contributed by atoms with van der Waals surface area (Å²) >= 11 is 0. The highest BCUT2D eigenvalue weighted by molar-refractivity contribution is 5.58. The molecular formula is C4H4O2. The van der Waals surface area contributed by atoms with Gasteiger partial charge in [-0.3, -0.25) is 0 Å². The number of aldehydes is 1. The van der Waals surface area contributed by atoms with E-state index in [9.17, 15) is 9.59 Å². The lowest BCUT2D eigenvalue weighted by atomic mass is 10.5. The van der Waals surface area contributed by atoms with Crippen molar-refractivity contribution in [3.63, 3.8) is 0 Å². The minimum Gasteiger partial charge on any atom is -0.303 e. The molecule has 0 aliphatic carbocycles. The molecule has 0 unspecified atom stereocenters. The molecule has 2 nitrogen and oxygen atoms in total. The van der Waals surface area contributed by atoms with E-state index in [2.05, 4.69) is 0 Å². The Morgan fingerprint density at radius 3 is 2.50 bits per heavy atom. The van der Waals surface area contributed by atoms with Crippen molar-refractivity contribution < 1.29 is 9.59 Å². The second-order valence-corrected chi connectivity index (χ2v) is 0.724. The first-order valence-corrected chi connectivity index (χ1v) is 1.54. The van der Waals surface area contributed by atoms with Gasteiger partial charge >= 0.3 is 0 Å². The van der Waals surface area contributed by atoms with Crippen LogP contribution in [0.15, 0.2) is 6.08 Å². The number of hydrogen-bond acceptors (Lipinski definition) is 2. The molecule has 0 aliphatic heterocycles. The Morgan fingerprint density at radius 2 is 2.33 bits per heavy atom. The standard InChI is InChI=1S/C4H4O2/c5-3-1-2-4-6/h1,4H,2H2. The highest BCUT2D eigenvalue weighted by Crippen LogP contribution is 1.63. The topological polar surface area (TPSA) is 34.1 Å². The van der Waals surface area contributed by atoms with Gasteiger partial charge in [-0.25, -0.2) is 4.79 Å². The van der Waals surface area contributed by atoms with Gasteiger partial charge in [0.1, 0.15) is 12.2 Å². The molecule has 32 valence electrons. The van der Waals surface area contributed by atoms with Crippen molar-refractivity contribution in [2.75, 3.05) is 0 Å². The molecule has 0 atom stereocenters. The second kappa shape index (κ2) is 4.12. The van der Waals surface area contributed by atoms with Crippen LogP contribution in [0.2, 0.25) is 0 Å². The summed E-state index contributed by atoms with van der Waals surface area (Å²) in [7, 11) is 0. The van der Waals surface area contributed by atoms with Crippen LogP contribution in [0.4, 0.5) is 0 Å². The zero-order valence-corrected chi connectivity index (χ0v) is 3.18. The molecule has 0 spiro atoms. The third kappa shape index (κ3) is 3.12. The van der Waals surface area contributed by atoms with E-state index in [1.807, 2.05) is 0 Å². The smallest absolute Gasteiger partial charge is 0.124 e. The van der Waals surface area contributed by atoms with E-state index >= 15 is 0 Å². The third-order valence-electron chi connectivity index (χ3n) is 0.297.